The highest BCUT2D eigenvalue weighted by atomic mass is 35.5. The van der Waals surface area contributed by atoms with Crippen molar-refractivity contribution in [3.05, 3.63) is 33.8 Å². The summed E-state index contributed by atoms with van der Waals surface area (Å²) < 4.78 is 0. The van der Waals surface area contributed by atoms with Gasteiger partial charge in [0.15, 0.2) is 0 Å². The Balaban J connectivity index is 2.25. The third-order valence-corrected chi connectivity index (χ3v) is 5.73. The Bertz CT molecular complexity index is 464. The van der Waals surface area contributed by atoms with Crippen molar-refractivity contribution < 1.29 is 0 Å². The molecule has 1 fully saturated rings. The minimum atomic E-state index is 0.262. The summed E-state index contributed by atoms with van der Waals surface area (Å²) in [4.78, 5) is 2.55. The van der Waals surface area contributed by atoms with Crippen molar-refractivity contribution in [2.75, 3.05) is 13.1 Å². The van der Waals surface area contributed by atoms with Gasteiger partial charge in [0, 0.05) is 12.1 Å². The molecule has 4 heteroatoms. The number of rotatable bonds is 5. The van der Waals surface area contributed by atoms with E-state index in [0.717, 1.165) is 18.7 Å². The van der Waals surface area contributed by atoms with Gasteiger partial charge in [0.05, 0.1) is 10.0 Å². The Morgan fingerprint density at radius 2 is 2.00 bits per heavy atom. The highest BCUT2D eigenvalue weighted by Crippen LogP contribution is 2.37. The maximum absolute atomic E-state index is 6.42. The van der Waals surface area contributed by atoms with E-state index in [9.17, 15) is 0 Å². The fraction of sp³-hybridized carbons (Fsp3) is 0.647. The van der Waals surface area contributed by atoms with Crippen molar-refractivity contribution in [3.63, 3.8) is 0 Å². The van der Waals surface area contributed by atoms with Gasteiger partial charge < -0.3 is 5.73 Å². The van der Waals surface area contributed by atoms with Crippen LogP contribution in [0.3, 0.4) is 0 Å². The van der Waals surface area contributed by atoms with Crippen molar-refractivity contribution in [2.45, 2.75) is 51.6 Å². The van der Waals surface area contributed by atoms with E-state index in [0.29, 0.717) is 22.0 Å². The average molecular weight is 329 g/mol. The molecule has 2 N–H and O–H groups in total. The van der Waals surface area contributed by atoms with Crippen molar-refractivity contribution >= 4 is 23.2 Å². The highest BCUT2D eigenvalue weighted by molar-refractivity contribution is 6.42. The number of hydrogen-bond acceptors (Lipinski definition) is 2. The Hall–Kier alpha value is -0.280. The average Bonchev–Trinajstić information content (AvgIpc) is 2.51. The number of hydrogen-bond donors (Lipinski definition) is 1. The van der Waals surface area contributed by atoms with Gasteiger partial charge >= 0.3 is 0 Å². The van der Waals surface area contributed by atoms with Crippen LogP contribution in [-0.4, -0.2) is 24.0 Å². The summed E-state index contributed by atoms with van der Waals surface area (Å²) in [6, 6.07) is 6.73. The zero-order valence-electron chi connectivity index (χ0n) is 13.0. The second-order valence-corrected chi connectivity index (χ2v) is 6.78. The van der Waals surface area contributed by atoms with Crippen molar-refractivity contribution in [1.82, 2.24) is 4.90 Å². The predicted molar refractivity (Wildman–Crippen MR) is 92.1 cm³/mol. The van der Waals surface area contributed by atoms with Gasteiger partial charge in [0.25, 0.3) is 0 Å². The number of nitrogens with two attached hydrogens (primary N) is 1. The standard InChI is InChI=1S/C17H26Cl2N2/c1-3-21(16-10-5-4-7-13(16)11-20)12(2)14-8-6-9-15(18)17(14)19/h6,8-9,12-13,16H,3-5,7,10-11,20H2,1-2H3. The summed E-state index contributed by atoms with van der Waals surface area (Å²) in [5.74, 6) is 0.596. The molecule has 1 aromatic rings. The van der Waals surface area contributed by atoms with E-state index in [1.54, 1.807) is 0 Å². The van der Waals surface area contributed by atoms with Gasteiger partial charge in [-0.2, -0.15) is 0 Å². The van der Waals surface area contributed by atoms with E-state index in [4.69, 9.17) is 28.9 Å². The molecule has 1 aliphatic carbocycles. The number of benzene rings is 1. The van der Waals surface area contributed by atoms with Gasteiger partial charge in [-0.1, -0.05) is 55.1 Å². The van der Waals surface area contributed by atoms with Crippen LogP contribution in [0.15, 0.2) is 18.2 Å². The molecule has 0 bridgehead atoms. The Morgan fingerprint density at radius 3 is 2.67 bits per heavy atom. The van der Waals surface area contributed by atoms with Crippen LogP contribution in [0.1, 0.15) is 51.1 Å². The van der Waals surface area contributed by atoms with Gasteiger partial charge in [-0.15, -0.1) is 0 Å². The largest absolute Gasteiger partial charge is 0.330 e. The smallest absolute Gasteiger partial charge is 0.0640 e. The van der Waals surface area contributed by atoms with Crippen molar-refractivity contribution in [1.29, 1.82) is 0 Å². The topological polar surface area (TPSA) is 29.3 Å². The minimum Gasteiger partial charge on any atom is -0.330 e. The molecule has 1 aromatic carbocycles. The van der Waals surface area contributed by atoms with Gasteiger partial charge in [-0.3, -0.25) is 4.90 Å². The predicted octanol–water partition coefficient (Wildman–Crippen LogP) is 4.89. The summed E-state index contributed by atoms with van der Waals surface area (Å²) in [5.41, 5.74) is 7.12. The molecule has 0 aliphatic heterocycles. The minimum absolute atomic E-state index is 0.262. The van der Waals surface area contributed by atoms with E-state index in [-0.39, 0.29) is 6.04 Å². The molecule has 1 aliphatic rings. The monoisotopic (exact) mass is 328 g/mol. The quantitative estimate of drug-likeness (QED) is 0.833. The molecule has 0 spiro atoms. The van der Waals surface area contributed by atoms with Gasteiger partial charge in [-0.05, 0) is 50.4 Å². The molecule has 1 saturated carbocycles. The van der Waals surface area contributed by atoms with Crippen LogP contribution in [0, 0.1) is 5.92 Å². The molecule has 3 unspecified atom stereocenters. The van der Waals surface area contributed by atoms with Gasteiger partial charge in [0.2, 0.25) is 0 Å². The lowest BCUT2D eigenvalue weighted by Crippen LogP contribution is -2.46. The lowest BCUT2D eigenvalue weighted by Gasteiger charge is -2.42. The van der Waals surface area contributed by atoms with Crippen LogP contribution in [0.25, 0.3) is 0 Å². The fourth-order valence-electron chi connectivity index (χ4n) is 3.72. The first kappa shape index (κ1) is 17.1. The first-order valence-electron chi connectivity index (χ1n) is 7.99. The van der Waals surface area contributed by atoms with Gasteiger partial charge in [0.1, 0.15) is 0 Å². The zero-order chi connectivity index (χ0) is 15.4. The lowest BCUT2D eigenvalue weighted by atomic mass is 9.82. The summed E-state index contributed by atoms with van der Waals surface area (Å²) in [7, 11) is 0. The van der Waals surface area contributed by atoms with E-state index in [2.05, 4.69) is 24.8 Å². The second kappa shape index (κ2) is 7.82. The fourth-order valence-corrected chi connectivity index (χ4v) is 4.18. The Morgan fingerprint density at radius 1 is 1.29 bits per heavy atom. The van der Waals surface area contributed by atoms with Crippen LogP contribution in [0.5, 0.6) is 0 Å². The molecule has 0 amide bonds. The molecule has 2 rings (SSSR count). The van der Waals surface area contributed by atoms with Crippen LogP contribution in [0.2, 0.25) is 10.0 Å². The van der Waals surface area contributed by atoms with Crippen molar-refractivity contribution in [2.24, 2.45) is 11.7 Å². The molecule has 0 saturated heterocycles. The number of halogens is 2. The first-order valence-corrected chi connectivity index (χ1v) is 8.75. The Labute approximate surface area is 138 Å². The molecule has 21 heavy (non-hydrogen) atoms. The molecule has 0 heterocycles. The van der Waals surface area contributed by atoms with Crippen molar-refractivity contribution in [3.8, 4) is 0 Å². The van der Waals surface area contributed by atoms with E-state index >= 15 is 0 Å². The normalized spacial score (nSPS) is 24.3. The zero-order valence-corrected chi connectivity index (χ0v) is 14.5. The number of nitrogens with zero attached hydrogens (tertiary/aromatic N) is 1. The second-order valence-electron chi connectivity index (χ2n) is 6.00. The maximum atomic E-state index is 6.42. The van der Waals surface area contributed by atoms with Crippen LogP contribution >= 0.6 is 23.2 Å². The van der Waals surface area contributed by atoms with Crippen LogP contribution in [0.4, 0.5) is 0 Å². The molecule has 118 valence electrons. The molecule has 2 nitrogen and oxygen atoms in total. The molecule has 0 radical (unpaired) electrons. The lowest BCUT2D eigenvalue weighted by molar-refractivity contribution is 0.0770. The summed E-state index contributed by atoms with van der Waals surface area (Å²) >= 11 is 12.6. The summed E-state index contributed by atoms with van der Waals surface area (Å²) in [6.45, 7) is 6.22. The van der Waals surface area contributed by atoms with E-state index < -0.39 is 0 Å². The van der Waals surface area contributed by atoms with E-state index in [1.165, 1.54) is 25.7 Å². The summed E-state index contributed by atoms with van der Waals surface area (Å²) in [6.07, 6.45) is 5.09. The molecule has 0 aromatic heterocycles. The third-order valence-electron chi connectivity index (χ3n) is 4.89. The Kier molecular flexibility index (Phi) is 6.36. The summed E-state index contributed by atoms with van der Waals surface area (Å²) in [5, 5.41) is 1.32. The maximum Gasteiger partial charge on any atom is 0.0640 e. The van der Waals surface area contributed by atoms with E-state index in [1.807, 2.05) is 12.1 Å². The van der Waals surface area contributed by atoms with Crippen LogP contribution < -0.4 is 5.73 Å². The molecular weight excluding hydrogens is 303 g/mol. The van der Waals surface area contributed by atoms with Gasteiger partial charge in [-0.25, -0.2) is 0 Å². The van der Waals surface area contributed by atoms with Crippen LogP contribution in [-0.2, 0) is 0 Å². The third kappa shape index (κ3) is 3.73. The molecular formula is C17H26Cl2N2. The highest BCUT2D eigenvalue weighted by Gasteiger charge is 2.32. The molecule has 3 atom stereocenters. The SMILES string of the molecule is CCN(C(C)c1cccc(Cl)c1Cl)C1CCCCC1CN. The first-order chi connectivity index (χ1) is 10.1.